The van der Waals surface area contributed by atoms with Gasteiger partial charge in [0, 0.05) is 6.54 Å². The summed E-state index contributed by atoms with van der Waals surface area (Å²) >= 11 is 0. The zero-order chi connectivity index (χ0) is 15.8. The first-order valence-electron chi connectivity index (χ1n) is 8.00. The van der Waals surface area contributed by atoms with Crippen molar-refractivity contribution >= 4 is 6.08 Å². The van der Waals surface area contributed by atoms with Gasteiger partial charge in [-0.1, -0.05) is 47.6 Å². The summed E-state index contributed by atoms with van der Waals surface area (Å²) in [5.41, 5.74) is 5.36. The van der Waals surface area contributed by atoms with Crippen LogP contribution in [0.3, 0.4) is 0 Å². The number of aryl methyl sites for hydroxylation is 2. The maximum Gasteiger partial charge on any atom is 0.0950 e. The van der Waals surface area contributed by atoms with Crippen molar-refractivity contribution in [2.24, 2.45) is 0 Å². The molecule has 2 heteroatoms. The number of benzene rings is 1. The highest BCUT2D eigenvalue weighted by atomic mass is 15.0. The Morgan fingerprint density at radius 1 is 1.14 bits per heavy atom. The zero-order valence-corrected chi connectivity index (χ0v) is 13.9. The van der Waals surface area contributed by atoms with E-state index in [2.05, 4.69) is 72.8 Å². The lowest BCUT2D eigenvalue weighted by Gasteiger charge is -2.07. The second kappa shape index (κ2) is 8.38. The van der Waals surface area contributed by atoms with Crippen molar-refractivity contribution in [2.75, 3.05) is 0 Å². The normalized spacial score (nSPS) is 11.5. The van der Waals surface area contributed by atoms with Crippen LogP contribution in [0.4, 0.5) is 0 Å². The van der Waals surface area contributed by atoms with E-state index in [4.69, 9.17) is 0 Å². The van der Waals surface area contributed by atoms with E-state index < -0.39 is 0 Å². The van der Waals surface area contributed by atoms with Crippen LogP contribution < -0.4 is 0 Å². The smallest absolute Gasteiger partial charge is 0.0950 e. The molecule has 0 fully saturated rings. The summed E-state index contributed by atoms with van der Waals surface area (Å²) in [5.74, 6) is 0. The summed E-state index contributed by atoms with van der Waals surface area (Å²) in [4.78, 5) is 4.30. The average Bonchev–Trinajstić information content (AvgIpc) is 2.93. The Morgan fingerprint density at radius 2 is 1.91 bits per heavy atom. The van der Waals surface area contributed by atoms with Crippen molar-refractivity contribution in [2.45, 2.75) is 46.6 Å². The molecule has 0 aliphatic rings. The van der Waals surface area contributed by atoms with E-state index in [1.807, 2.05) is 12.5 Å². The van der Waals surface area contributed by atoms with Crippen LogP contribution in [0.15, 0.2) is 60.1 Å². The van der Waals surface area contributed by atoms with Crippen LogP contribution in [0.25, 0.3) is 6.08 Å². The first-order valence-corrected chi connectivity index (χ1v) is 8.00. The van der Waals surface area contributed by atoms with Crippen molar-refractivity contribution in [3.8, 4) is 0 Å². The molecule has 0 N–H and O–H groups in total. The molecule has 1 heterocycles. The maximum absolute atomic E-state index is 4.30. The number of nitrogens with zero attached hydrogens (tertiary/aromatic N) is 2. The highest BCUT2D eigenvalue weighted by Crippen LogP contribution is 2.13. The first kappa shape index (κ1) is 16.3. The second-order valence-electron chi connectivity index (χ2n) is 6.06. The summed E-state index contributed by atoms with van der Waals surface area (Å²) in [6.07, 6.45) is 11.7. The third-order valence-corrected chi connectivity index (χ3v) is 3.71. The van der Waals surface area contributed by atoms with E-state index in [9.17, 15) is 0 Å². The van der Waals surface area contributed by atoms with Crippen LogP contribution in [0.5, 0.6) is 0 Å². The molecule has 0 saturated carbocycles. The van der Waals surface area contributed by atoms with Gasteiger partial charge < -0.3 is 4.57 Å². The molecule has 116 valence electrons. The van der Waals surface area contributed by atoms with Crippen molar-refractivity contribution < 1.29 is 0 Å². The van der Waals surface area contributed by atoms with E-state index in [-0.39, 0.29) is 0 Å². The molecule has 0 spiro atoms. The van der Waals surface area contributed by atoms with Gasteiger partial charge in [-0.3, -0.25) is 0 Å². The Kier molecular flexibility index (Phi) is 6.20. The van der Waals surface area contributed by atoms with Crippen LogP contribution in [0.1, 0.15) is 44.9 Å². The van der Waals surface area contributed by atoms with Gasteiger partial charge in [-0.15, -0.1) is 0 Å². The van der Waals surface area contributed by atoms with Gasteiger partial charge in [0.05, 0.1) is 18.2 Å². The molecule has 0 atom stereocenters. The van der Waals surface area contributed by atoms with Gasteiger partial charge in [0.15, 0.2) is 0 Å². The van der Waals surface area contributed by atoms with E-state index in [1.165, 1.54) is 22.4 Å². The Hall–Kier alpha value is -2.09. The third kappa shape index (κ3) is 5.36. The number of allylic oxidation sites excluding steroid dienone is 3. The lowest BCUT2D eigenvalue weighted by Crippen LogP contribution is -2.02. The van der Waals surface area contributed by atoms with Crippen LogP contribution in [0.2, 0.25) is 0 Å². The van der Waals surface area contributed by atoms with Crippen LogP contribution >= 0.6 is 0 Å². The molecule has 22 heavy (non-hydrogen) atoms. The summed E-state index contributed by atoms with van der Waals surface area (Å²) < 4.78 is 2.23. The van der Waals surface area contributed by atoms with Gasteiger partial charge >= 0.3 is 0 Å². The average molecular weight is 294 g/mol. The minimum absolute atomic E-state index is 0.969. The molecule has 0 saturated heterocycles. The van der Waals surface area contributed by atoms with E-state index in [1.54, 1.807) is 0 Å². The lowest BCUT2D eigenvalue weighted by atomic mass is 10.1. The molecule has 0 unspecified atom stereocenters. The predicted molar refractivity (Wildman–Crippen MR) is 94.7 cm³/mol. The number of rotatable bonds is 7. The number of hydrogen-bond acceptors (Lipinski definition) is 1. The molecule has 2 nitrogen and oxygen atoms in total. The predicted octanol–water partition coefficient (Wildman–Crippen LogP) is 5.28. The maximum atomic E-state index is 4.30. The van der Waals surface area contributed by atoms with Gasteiger partial charge in [0.25, 0.3) is 0 Å². The first-order chi connectivity index (χ1) is 10.6. The fraction of sp³-hybridized carbons (Fsp3) is 0.350. The molecule has 0 amide bonds. The quantitative estimate of drug-likeness (QED) is 0.636. The van der Waals surface area contributed by atoms with Crippen LogP contribution in [-0.2, 0) is 13.0 Å². The molecule has 2 rings (SSSR count). The Balaban J connectivity index is 1.95. The topological polar surface area (TPSA) is 17.8 Å². The van der Waals surface area contributed by atoms with Gasteiger partial charge in [-0.05, 0) is 51.7 Å². The summed E-state index contributed by atoms with van der Waals surface area (Å²) in [6.45, 7) is 7.47. The standard InChI is InChI=1S/C20H26N2/c1-17(2)8-7-9-18(3)14-20-15-21-16-22(20)13-12-19-10-5-4-6-11-19/h4-6,8,10-11,14-16H,7,9,12-13H2,1-3H3/b18-14+. The van der Waals surface area contributed by atoms with Gasteiger partial charge in [-0.2, -0.15) is 0 Å². The molecule has 0 radical (unpaired) electrons. The summed E-state index contributed by atoms with van der Waals surface area (Å²) in [6, 6.07) is 10.6. The van der Waals surface area contributed by atoms with Crippen molar-refractivity contribution in [3.63, 3.8) is 0 Å². The number of imidazole rings is 1. The molecule has 0 bridgehead atoms. The minimum atomic E-state index is 0.969. The zero-order valence-electron chi connectivity index (χ0n) is 13.9. The van der Waals surface area contributed by atoms with Crippen molar-refractivity contribution in [3.05, 3.63) is 71.3 Å². The fourth-order valence-electron chi connectivity index (χ4n) is 2.45. The van der Waals surface area contributed by atoms with Crippen LogP contribution in [-0.4, -0.2) is 9.55 Å². The largest absolute Gasteiger partial charge is 0.331 e. The molecular weight excluding hydrogens is 268 g/mol. The highest BCUT2D eigenvalue weighted by molar-refractivity contribution is 5.48. The van der Waals surface area contributed by atoms with Crippen molar-refractivity contribution in [1.29, 1.82) is 0 Å². The molecular formula is C20H26N2. The number of aromatic nitrogens is 2. The molecule has 0 aliphatic heterocycles. The fourth-order valence-corrected chi connectivity index (χ4v) is 2.45. The Bertz CT molecular complexity index is 629. The SMILES string of the molecule is CC(C)=CCC/C(C)=C/c1cncn1CCc1ccccc1. The lowest BCUT2D eigenvalue weighted by molar-refractivity contribution is 0.690. The Morgan fingerprint density at radius 3 is 2.64 bits per heavy atom. The van der Waals surface area contributed by atoms with Gasteiger partial charge in [0.1, 0.15) is 0 Å². The summed E-state index contributed by atoms with van der Waals surface area (Å²) in [7, 11) is 0. The Labute approximate surface area is 134 Å². The van der Waals surface area contributed by atoms with E-state index in [0.29, 0.717) is 0 Å². The van der Waals surface area contributed by atoms with Gasteiger partial charge in [-0.25, -0.2) is 4.98 Å². The highest BCUT2D eigenvalue weighted by Gasteiger charge is 2.01. The summed E-state index contributed by atoms with van der Waals surface area (Å²) in [5, 5.41) is 0. The van der Waals surface area contributed by atoms with E-state index >= 15 is 0 Å². The van der Waals surface area contributed by atoms with Crippen LogP contribution in [0, 0.1) is 0 Å². The van der Waals surface area contributed by atoms with Crippen molar-refractivity contribution in [1.82, 2.24) is 9.55 Å². The molecule has 1 aromatic carbocycles. The number of hydrogen-bond donors (Lipinski definition) is 0. The monoisotopic (exact) mass is 294 g/mol. The third-order valence-electron chi connectivity index (χ3n) is 3.71. The molecule has 2 aromatic rings. The minimum Gasteiger partial charge on any atom is -0.331 e. The molecule has 1 aromatic heterocycles. The molecule has 0 aliphatic carbocycles. The van der Waals surface area contributed by atoms with Gasteiger partial charge in [0.2, 0.25) is 0 Å². The second-order valence-corrected chi connectivity index (χ2v) is 6.06. The van der Waals surface area contributed by atoms with E-state index in [0.717, 1.165) is 25.8 Å².